The van der Waals surface area contributed by atoms with Crippen LogP contribution in [0.15, 0.2) is 54.6 Å². The standard InChI is InChI=1S/C19H22FN/c1-14(11-15-7-9-18(20)10-8-15)21-19-12-17(13-19)16-5-3-2-4-6-16/h2-10,14,17,19,21H,11-13H2,1H3. The Kier molecular flexibility index (Phi) is 4.35. The van der Waals surface area contributed by atoms with Crippen molar-refractivity contribution in [3.8, 4) is 0 Å². The second-order valence-corrected chi connectivity index (χ2v) is 6.17. The Labute approximate surface area is 126 Å². The fourth-order valence-corrected chi connectivity index (χ4v) is 3.19. The lowest BCUT2D eigenvalue weighted by Gasteiger charge is -2.38. The molecule has 1 aliphatic carbocycles. The third kappa shape index (κ3) is 3.70. The minimum Gasteiger partial charge on any atom is -0.311 e. The predicted octanol–water partition coefficient (Wildman–Crippen LogP) is 4.29. The van der Waals surface area contributed by atoms with Crippen LogP contribution in [0.25, 0.3) is 0 Å². The smallest absolute Gasteiger partial charge is 0.123 e. The van der Waals surface area contributed by atoms with Gasteiger partial charge in [-0.15, -0.1) is 0 Å². The summed E-state index contributed by atoms with van der Waals surface area (Å²) in [4.78, 5) is 0. The van der Waals surface area contributed by atoms with Crippen molar-refractivity contribution in [2.24, 2.45) is 0 Å². The maximum atomic E-state index is 12.9. The van der Waals surface area contributed by atoms with E-state index in [1.165, 1.54) is 36.1 Å². The zero-order chi connectivity index (χ0) is 14.7. The van der Waals surface area contributed by atoms with Crippen molar-refractivity contribution in [3.63, 3.8) is 0 Å². The quantitative estimate of drug-likeness (QED) is 0.863. The molecule has 0 saturated heterocycles. The summed E-state index contributed by atoms with van der Waals surface area (Å²) in [5.74, 6) is 0.547. The molecule has 0 aliphatic heterocycles. The van der Waals surface area contributed by atoms with Crippen LogP contribution in [0.3, 0.4) is 0 Å². The normalized spacial score (nSPS) is 22.6. The molecule has 2 heteroatoms. The molecule has 0 spiro atoms. The van der Waals surface area contributed by atoms with Crippen molar-refractivity contribution < 1.29 is 4.39 Å². The monoisotopic (exact) mass is 283 g/mol. The molecule has 1 unspecified atom stereocenters. The minimum atomic E-state index is -0.163. The molecule has 1 nitrogen and oxygen atoms in total. The Morgan fingerprint density at radius 2 is 1.71 bits per heavy atom. The van der Waals surface area contributed by atoms with Crippen molar-refractivity contribution in [1.29, 1.82) is 0 Å². The molecule has 0 bridgehead atoms. The van der Waals surface area contributed by atoms with Crippen LogP contribution in [0.5, 0.6) is 0 Å². The first-order chi connectivity index (χ1) is 10.2. The molecule has 0 aromatic heterocycles. The van der Waals surface area contributed by atoms with Crippen LogP contribution in [-0.4, -0.2) is 12.1 Å². The summed E-state index contributed by atoms with van der Waals surface area (Å²) in [6, 6.07) is 18.6. The molecule has 21 heavy (non-hydrogen) atoms. The van der Waals surface area contributed by atoms with Crippen LogP contribution in [0.4, 0.5) is 4.39 Å². The van der Waals surface area contributed by atoms with Gasteiger partial charge in [-0.25, -0.2) is 4.39 Å². The van der Waals surface area contributed by atoms with Gasteiger partial charge in [-0.2, -0.15) is 0 Å². The van der Waals surface area contributed by atoms with Crippen molar-refractivity contribution >= 4 is 0 Å². The average molecular weight is 283 g/mol. The van der Waals surface area contributed by atoms with Gasteiger partial charge in [0.1, 0.15) is 5.82 Å². The third-order valence-electron chi connectivity index (χ3n) is 4.38. The zero-order valence-electron chi connectivity index (χ0n) is 12.4. The van der Waals surface area contributed by atoms with E-state index in [1.54, 1.807) is 0 Å². The van der Waals surface area contributed by atoms with Gasteiger partial charge in [0.05, 0.1) is 0 Å². The molecule has 1 atom stereocenters. The number of halogens is 1. The second-order valence-electron chi connectivity index (χ2n) is 6.17. The molecular formula is C19H22FN. The van der Waals surface area contributed by atoms with Crippen molar-refractivity contribution in [2.75, 3.05) is 0 Å². The first-order valence-electron chi connectivity index (χ1n) is 7.76. The molecule has 1 fully saturated rings. The van der Waals surface area contributed by atoms with Gasteiger partial charge in [-0.3, -0.25) is 0 Å². The van der Waals surface area contributed by atoms with Gasteiger partial charge < -0.3 is 5.32 Å². The molecule has 0 radical (unpaired) electrons. The lowest BCUT2D eigenvalue weighted by molar-refractivity contribution is 0.269. The summed E-state index contributed by atoms with van der Waals surface area (Å²) in [5, 5.41) is 3.69. The lowest BCUT2D eigenvalue weighted by atomic mass is 9.75. The number of hydrogen-bond acceptors (Lipinski definition) is 1. The Morgan fingerprint density at radius 3 is 2.38 bits per heavy atom. The molecule has 2 aromatic carbocycles. The summed E-state index contributed by atoms with van der Waals surface area (Å²) < 4.78 is 12.9. The Morgan fingerprint density at radius 1 is 1.05 bits per heavy atom. The van der Waals surface area contributed by atoms with E-state index in [0.717, 1.165) is 6.42 Å². The summed E-state index contributed by atoms with van der Waals surface area (Å²) in [6.45, 7) is 2.21. The second kappa shape index (κ2) is 6.40. The lowest BCUT2D eigenvalue weighted by Crippen LogP contribution is -2.45. The van der Waals surface area contributed by atoms with Crippen LogP contribution in [-0.2, 0) is 6.42 Å². The number of rotatable bonds is 5. The molecule has 2 aromatic rings. The van der Waals surface area contributed by atoms with E-state index in [1.807, 2.05) is 12.1 Å². The summed E-state index contributed by atoms with van der Waals surface area (Å²) in [6.07, 6.45) is 3.39. The SMILES string of the molecule is CC(Cc1ccc(F)cc1)NC1CC(c2ccccc2)C1. The summed E-state index contributed by atoms with van der Waals surface area (Å²) in [7, 11) is 0. The van der Waals surface area contributed by atoms with Crippen LogP contribution < -0.4 is 5.32 Å². The molecule has 110 valence electrons. The van der Waals surface area contributed by atoms with Crippen LogP contribution in [0.2, 0.25) is 0 Å². The number of nitrogens with one attached hydrogen (secondary N) is 1. The Hall–Kier alpha value is -1.67. The topological polar surface area (TPSA) is 12.0 Å². The van der Waals surface area contributed by atoms with Gasteiger partial charge in [-0.1, -0.05) is 42.5 Å². The highest BCUT2D eigenvalue weighted by Gasteiger charge is 2.30. The highest BCUT2D eigenvalue weighted by atomic mass is 19.1. The first kappa shape index (κ1) is 14.3. The third-order valence-corrected chi connectivity index (χ3v) is 4.38. The maximum absolute atomic E-state index is 12.9. The largest absolute Gasteiger partial charge is 0.311 e. The zero-order valence-corrected chi connectivity index (χ0v) is 12.4. The molecule has 3 rings (SSSR count). The maximum Gasteiger partial charge on any atom is 0.123 e. The minimum absolute atomic E-state index is 0.163. The van der Waals surface area contributed by atoms with E-state index in [-0.39, 0.29) is 5.82 Å². The highest BCUT2D eigenvalue weighted by molar-refractivity contribution is 5.23. The summed E-state index contributed by atoms with van der Waals surface area (Å²) >= 11 is 0. The van der Waals surface area contributed by atoms with Crippen LogP contribution in [0, 0.1) is 5.82 Å². The fourth-order valence-electron chi connectivity index (χ4n) is 3.19. The molecule has 1 N–H and O–H groups in total. The van der Waals surface area contributed by atoms with Gasteiger partial charge in [0.15, 0.2) is 0 Å². The van der Waals surface area contributed by atoms with E-state index in [2.05, 4.69) is 42.6 Å². The van der Waals surface area contributed by atoms with Crippen molar-refractivity contribution in [3.05, 3.63) is 71.5 Å². The molecule has 1 saturated carbocycles. The molecule has 1 aliphatic rings. The Balaban J connectivity index is 1.45. The number of hydrogen-bond donors (Lipinski definition) is 1. The number of benzene rings is 2. The van der Waals surface area contributed by atoms with Gasteiger partial charge in [0.2, 0.25) is 0 Å². The van der Waals surface area contributed by atoms with E-state index >= 15 is 0 Å². The van der Waals surface area contributed by atoms with E-state index < -0.39 is 0 Å². The molecular weight excluding hydrogens is 261 g/mol. The predicted molar refractivity (Wildman–Crippen MR) is 84.9 cm³/mol. The van der Waals surface area contributed by atoms with Crippen molar-refractivity contribution in [1.82, 2.24) is 5.32 Å². The van der Waals surface area contributed by atoms with E-state index in [9.17, 15) is 4.39 Å². The van der Waals surface area contributed by atoms with E-state index in [0.29, 0.717) is 18.0 Å². The van der Waals surface area contributed by atoms with Gasteiger partial charge >= 0.3 is 0 Å². The van der Waals surface area contributed by atoms with Gasteiger partial charge in [0, 0.05) is 12.1 Å². The highest BCUT2D eigenvalue weighted by Crippen LogP contribution is 2.36. The van der Waals surface area contributed by atoms with E-state index in [4.69, 9.17) is 0 Å². The first-order valence-corrected chi connectivity index (χ1v) is 7.76. The van der Waals surface area contributed by atoms with Crippen molar-refractivity contribution in [2.45, 2.75) is 44.2 Å². The fraction of sp³-hybridized carbons (Fsp3) is 0.368. The average Bonchev–Trinajstić information content (AvgIpc) is 2.46. The van der Waals surface area contributed by atoms with Gasteiger partial charge in [0.25, 0.3) is 0 Å². The Bertz CT molecular complexity index is 558. The summed E-state index contributed by atoms with van der Waals surface area (Å²) in [5.41, 5.74) is 2.65. The molecule has 0 amide bonds. The van der Waals surface area contributed by atoms with Gasteiger partial charge in [-0.05, 0) is 55.4 Å². The molecule has 0 heterocycles. The van der Waals surface area contributed by atoms with Crippen LogP contribution in [0.1, 0.15) is 36.8 Å². The van der Waals surface area contributed by atoms with Crippen LogP contribution >= 0.6 is 0 Å².